The number of nitrogens with two attached hydrogens (primary N) is 1. The summed E-state index contributed by atoms with van der Waals surface area (Å²) in [6, 6.07) is 7.13. The van der Waals surface area contributed by atoms with Gasteiger partial charge in [-0.15, -0.1) is 11.3 Å². The summed E-state index contributed by atoms with van der Waals surface area (Å²) in [6.07, 6.45) is 6.87. The van der Waals surface area contributed by atoms with Crippen LogP contribution in [0.5, 0.6) is 0 Å². The van der Waals surface area contributed by atoms with Gasteiger partial charge in [-0.1, -0.05) is 18.6 Å². The zero-order valence-electron chi connectivity index (χ0n) is 17.3. The third-order valence-electron chi connectivity index (χ3n) is 5.85. The number of thiazole rings is 1. The van der Waals surface area contributed by atoms with E-state index >= 15 is 0 Å². The number of aryl methyl sites for hydroxylation is 1. The number of Topliss-reactive ketones (excluding diaryl/α,β-unsaturated/α-hetero) is 1. The van der Waals surface area contributed by atoms with E-state index in [4.69, 9.17) is 5.73 Å². The van der Waals surface area contributed by atoms with Crippen LogP contribution in [0.1, 0.15) is 59.3 Å². The smallest absolute Gasteiger partial charge is 0.186 e. The first-order valence-electron chi connectivity index (χ1n) is 10.3. The fourth-order valence-electron chi connectivity index (χ4n) is 4.49. The first kappa shape index (κ1) is 20.8. The molecule has 2 N–H and O–H groups in total. The molecule has 0 unspecified atom stereocenters. The number of aromatic nitrogens is 2. The molecule has 2 heterocycles. The second-order valence-corrected chi connectivity index (χ2v) is 9.32. The molecule has 30 heavy (non-hydrogen) atoms. The van der Waals surface area contributed by atoms with Gasteiger partial charge in [0.15, 0.2) is 5.78 Å². The van der Waals surface area contributed by atoms with Crippen LogP contribution in [0, 0.1) is 18.7 Å². The van der Waals surface area contributed by atoms with Crippen molar-refractivity contribution in [1.82, 2.24) is 9.97 Å². The summed E-state index contributed by atoms with van der Waals surface area (Å²) in [5.41, 5.74) is 10.1. The van der Waals surface area contributed by atoms with Crippen LogP contribution in [0.4, 0.5) is 4.39 Å². The number of carbonyl (C=O) groups is 1. The Balaban J connectivity index is 1.56. The summed E-state index contributed by atoms with van der Waals surface area (Å²) in [5.74, 6) is 0.516. The Hall–Kier alpha value is -2.44. The van der Waals surface area contributed by atoms with Gasteiger partial charge in [-0.2, -0.15) is 0 Å². The molecule has 1 fully saturated rings. The lowest BCUT2D eigenvalue weighted by Gasteiger charge is -2.32. The zero-order chi connectivity index (χ0) is 21.3. The van der Waals surface area contributed by atoms with Crippen molar-refractivity contribution < 1.29 is 9.18 Å². The summed E-state index contributed by atoms with van der Waals surface area (Å²) in [4.78, 5) is 21.7. The maximum atomic E-state index is 14.2. The molecule has 0 amide bonds. The van der Waals surface area contributed by atoms with Crippen molar-refractivity contribution in [2.75, 3.05) is 0 Å². The van der Waals surface area contributed by atoms with Crippen molar-refractivity contribution in [3.05, 3.63) is 70.2 Å². The Labute approximate surface area is 180 Å². The Morgan fingerprint density at radius 3 is 2.90 bits per heavy atom. The third-order valence-corrected chi connectivity index (χ3v) is 6.73. The molecule has 3 atom stereocenters. The number of nitrogens with zero attached hydrogens (tertiary/aromatic N) is 2. The lowest BCUT2D eigenvalue weighted by molar-refractivity contribution is 0.0988. The number of hydrogen-bond acceptors (Lipinski definition) is 5. The van der Waals surface area contributed by atoms with E-state index in [9.17, 15) is 9.18 Å². The van der Waals surface area contributed by atoms with Gasteiger partial charge in [0.05, 0.1) is 0 Å². The largest absolute Gasteiger partial charge is 0.328 e. The van der Waals surface area contributed by atoms with E-state index in [1.807, 2.05) is 13.0 Å². The first-order valence-corrected chi connectivity index (χ1v) is 11.2. The Morgan fingerprint density at radius 2 is 2.10 bits per heavy atom. The normalized spacial score (nSPS) is 21.5. The van der Waals surface area contributed by atoms with Crippen LogP contribution in [0.25, 0.3) is 10.6 Å². The molecule has 0 saturated heterocycles. The molecule has 4 rings (SSSR count). The Bertz CT molecular complexity index is 1050. The molecule has 156 valence electrons. The molecule has 6 heteroatoms. The Morgan fingerprint density at radius 1 is 1.27 bits per heavy atom. The van der Waals surface area contributed by atoms with E-state index in [0.717, 1.165) is 30.4 Å². The molecular weight excluding hydrogens is 397 g/mol. The monoisotopic (exact) mass is 423 g/mol. The second kappa shape index (κ2) is 8.74. The molecule has 1 aliphatic carbocycles. The summed E-state index contributed by atoms with van der Waals surface area (Å²) in [6.45, 7) is 4.14. The van der Waals surface area contributed by atoms with E-state index in [-0.39, 0.29) is 24.1 Å². The van der Waals surface area contributed by atoms with Crippen molar-refractivity contribution in [3.8, 4) is 10.6 Å². The third kappa shape index (κ3) is 4.50. The fourth-order valence-corrected chi connectivity index (χ4v) is 5.33. The lowest BCUT2D eigenvalue weighted by Crippen LogP contribution is -2.31. The van der Waals surface area contributed by atoms with E-state index < -0.39 is 0 Å². The minimum Gasteiger partial charge on any atom is -0.328 e. The van der Waals surface area contributed by atoms with E-state index in [2.05, 4.69) is 16.9 Å². The number of ketones is 1. The molecule has 0 radical (unpaired) electrons. The maximum absolute atomic E-state index is 14.2. The number of hydrogen-bond donors (Lipinski definition) is 1. The summed E-state index contributed by atoms with van der Waals surface area (Å²) < 4.78 is 14.2. The van der Waals surface area contributed by atoms with Gasteiger partial charge in [-0.25, -0.2) is 9.37 Å². The van der Waals surface area contributed by atoms with Crippen LogP contribution >= 0.6 is 11.3 Å². The van der Waals surface area contributed by atoms with E-state index in [0.29, 0.717) is 28.1 Å². The zero-order valence-corrected chi connectivity index (χ0v) is 18.1. The van der Waals surface area contributed by atoms with E-state index in [1.54, 1.807) is 29.9 Å². The summed E-state index contributed by atoms with van der Waals surface area (Å²) in [5, 5.41) is 2.24. The van der Waals surface area contributed by atoms with E-state index in [1.165, 1.54) is 23.0 Å². The molecule has 1 saturated carbocycles. The fraction of sp³-hybridized carbons (Fsp3) is 0.375. The van der Waals surface area contributed by atoms with Crippen LogP contribution in [-0.4, -0.2) is 21.8 Å². The van der Waals surface area contributed by atoms with Crippen molar-refractivity contribution in [1.29, 1.82) is 0 Å². The van der Waals surface area contributed by atoms with Crippen LogP contribution in [0.15, 0.2) is 42.0 Å². The molecule has 0 spiro atoms. The average molecular weight is 424 g/mol. The highest BCUT2D eigenvalue weighted by molar-refractivity contribution is 7.13. The van der Waals surface area contributed by atoms with Gasteiger partial charge < -0.3 is 5.73 Å². The van der Waals surface area contributed by atoms with Crippen LogP contribution in [0.2, 0.25) is 0 Å². The standard InChI is InChI=1S/C24H26FN3OS/c1-14-3-4-21(25)20(9-14)24-28-22(13-30-24)23(29)11-17-12-27-6-5-19(17)16-7-15(2)8-18(26)10-16/h3-6,9,12-13,15-16,18H,7-8,10-11,26H2,1-2H3/t15-,16+,18-/m0/s1. The van der Waals surface area contributed by atoms with Crippen molar-refractivity contribution in [3.63, 3.8) is 0 Å². The highest BCUT2D eigenvalue weighted by atomic mass is 32.1. The number of pyridine rings is 1. The minimum atomic E-state index is -0.328. The molecular formula is C24H26FN3OS. The van der Waals surface area contributed by atoms with Gasteiger partial charge in [0.25, 0.3) is 0 Å². The topological polar surface area (TPSA) is 68.9 Å². The molecule has 2 aromatic heterocycles. The predicted octanol–water partition coefficient (Wildman–Crippen LogP) is 5.31. The van der Waals surface area contributed by atoms with Gasteiger partial charge in [0.2, 0.25) is 0 Å². The van der Waals surface area contributed by atoms with Gasteiger partial charge >= 0.3 is 0 Å². The average Bonchev–Trinajstić information content (AvgIpc) is 3.19. The highest BCUT2D eigenvalue weighted by Gasteiger charge is 2.27. The molecule has 4 nitrogen and oxygen atoms in total. The highest BCUT2D eigenvalue weighted by Crippen LogP contribution is 2.37. The van der Waals surface area contributed by atoms with Gasteiger partial charge in [0.1, 0.15) is 16.5 Å². The number of halogens is 1. The van der Waals surface area contributed by atoms with Gasteiger partial charge in [-0.3, -0.25) is 9.78 Å². The van der Waals surface area contributed by atoms with Crippen LogP contribution in [0.3, 0.4) is 0 Å². The molecule has 3 aromatic rings. The first-order chi connectivity index (χ1) is 14.4. The van der Waals surface area contributed by atoms with Gasteiger partial charge in [0, 0.05) is 35.8 Å². The Kier molecular flexibility index (Phi) is 6.06. The lowest BCUT2D eigenvalue weighted by atomic mass is 9.75. The molecule has 1 aromatic carbocycles. The quantitative estimate of drug-likeness (QED) is 0.565. The van der Waals surface area contributed by atoms with Crippen LogP contribution < -0.4 is 5.73 Å². The van der Waals surface area contributed by atoms with Crippen molar-refractivity contribution in [2.45, 2.75) is 51.5 Å². The number of benzene rings is 1. The van der Waals surface area contributed by atoms with Crippen molar-refractivity contribution >= 4 is 17.1 Å². The molecule has 0 aliphatic heterocycles. The van der Waals surface area contributed by atoms with Gasteiger partial charge in [-0.05, 0) is 67.3 Å². The summed E-state index contributed by atoms with van der Waals surface area (Å²) >= 11 is 1.29. The predicted molar refractivity (Wildman–Crippen MR) is 118 cm³/mol. The SMILES string of the molecule is Cc1ccc(F)c(-c2nc(C(=O)Cc3cnccc3[C@@H]3C[C@H](C)C[C@H](N)C3)cs2)c1. The summed E-state index contributed by atoms with van der Waals surface area (Å²) in [7, 11) is 0. The molecule has 1 aliphatic rings. The minimum absolute atomic E-state index is 0.0760. The molecule has 0 bridgehead atoms. The van der Waals surface area contributed by atoms with Crippen LogP contribution in [-0.2, 0) is 6.42 Å². The maximum Gasteiger partial charge on any atom is 0.186 e. The second-order valence-electron chi connectivity index (χ2n) is 8.46. The van der Waals surface area contributed by atoms with Crippen molar-refractivity contribution in [2.24, 2.45) is 11.7 Å². The number of rotatable bonds is 5. The number of carbonyl (C=O) groups excluding carboxylic acids is 1.